The molecule has 2 aromatic carbocycles. The maximum absolute atomic E-state index is 13.4. The smallest absolute Gasteiger partial charge is 0.264 e. The van der Waals surface area contributed by atoms with Gasteiger partial charge < -0.3 is 14.7 Å². The van der Waals surface area contributed by atoms with E-state index in [1.165, 1.54) is 11.1 Å². The van der Waals surface area contributed by atoms with Crippen molar-refractivity contribution in [3.63, 3.8) is 0 Å². The van der Waals surface area contributed by atoms with Gasteiger partial charge in [0.15, 0.2) is 0 Å². The minimum Gasteiger partial charge on any atom is -0.490 e. The van der Waals surface area contributed by atoms with Gasteiger partial charge in [-0.05, 0) is 97.7 Å². The monoisotopic (exact) mass is 656 g/mol. The molecule has 2 heterocycles. The highest BCUT2D eigenvalue weighted by molar-refractivity contribution is 7.90. The number of amides is 1. The van der Waals surface area contributed by atoms with Crippen LogP contribution < -0.4 is 14.4 Å². The van der Waals surface area contributed by atoms with Gasteiger partial charge in [0.2, 0.25) is 10.0 Å². The van der Waals surface area contributed by atoms with Gasteiger partial charge in [-0.1, -0.05) is 70.9 Å². The molecule has 0 spiro atoms. The van der Waals surface area contributed by atoms with Crippen LogP contribution in [-0.4, -0.2) is 50.0 Å². The second-order valence-electron chi connectivity index (χ2n) is 14.2. The summed E-state index contributed by atoms with van der Waals surface area (Å²) in [4.78, 5) is 15.7. The number of nitrogens with one attached hydrogen (secondary N) is 1. The Balaban J connectivity index is 1.62. The van der Waals surface area contributed by atoms with Crippen LogP contribution in [0.15, 0.2) is 48.6 Å². The quantitative estimate of drug-likeness (QED) is 0.348. The lowest BCUT2D eigenvalue weighted by atomic mass is 9.61. The summed E-state index contributed by atoms with van der Waals surface area (Å²) in [6, 6.07) is 11.3. The third-order valence-electron chi connectivity index (χ3n) is 10.7. The van der Waals surface area contributed by atoms with E-state index in [1.54, 1.807) is 25.1 Å². The molecule has 0 radical (unpaired) electrons. The topological polar surface area (TPSA) is 95.9 Å². The summed E-state index contributed by atoms with van der Waals surface area (Å²) < 4.78 is 35.5. The molecule has 1 amide bonds. The Hall–Kier alpha value is -2.55. The highest BCUT2D eigenvalue weighted by atomic mass is 35.5. The van der Waals surface area contributed by atoms with Crippen LogP contribution in [-0.2, 0) is 21.9 Å². The van der Waals surface area contributed by atoms with Gasteiger partial charge in [0.25, 0.3) is 5.91 Å². The third kappa shape index (κ3) is 6.66. The number of benzene rings is 2. The molecule has 3 aliphatic rings. The number of ether oxygens (including phenoxy) is 1. The Morgan fingerprint density at radius 1 is 1.16 bits per heavy atom. The Bertz CT molecular complexity index is 1560. The van der Waals surface area contributed by atoms with Gasteiger partial charge in [0.1, 0.15) is 5.75 Å². The summed E-state index contributed by atoms with van der Waals surface area (Å²) in [6.45, 7) is 13.7. The lowest BCUT2D eigenvalue weighted by Gasteiger charge is -2.50. The number of anilines is 1. The average molecular weight is 657 g/mol. The fourth-order valence-corrected chi connectivity index (χ4v) is 8.92. The van der Waals surface area contributed by atoms with Crippen LogP contribution in [0.4, 0.5) is 5.69 Å². The van der Waals surface area contributed by atoms with Gasteiger partial charge in [0, 0.05) is 29.1 Å². The number of sulfonamides is 1. The molecule has 246 valence electrons. The molecular weight excluding hydrogens is 608 g/mol. The van der Waals surface area contributed by atoms with Crippen LogP contribution in [0.5, 0.6) is 5.75 Å². The molecule has 0 saturated heterocycles. The van der Waals surface area contributed by atoms with Crippen molar-refractivity contribution in [3.05, 3.63) is 70.3 Å². The zero-order chi connectivity index (χ0) is 32.7. The van der Waals surface area contributed by atoms with E-state index >= 15 is 0 Å². The average Bonchev–Trinajstić information content (AvgIpc) is 3.10. The van der Waals surface area contributed by atoms with Gasteiger partial charge >= 0.3 is 0 Å². The predicted molar refractivity (Wildman–Crippen MR) is 182 cm³/mol. The highest BCUT2D eigenvalue weighted by Gasteiger charge is 2.48. The fraction of sp³-hybridized carbons (Fsp3) is 0.583. The first kappa shape index (κ1) is 33.8. The molecule has 2 aromatic rings. The lowest BCUT2D eigenvalue weighted by Crippen LogP contribution is -2.53. The molecule has 6 atom stereocenters. The van der Waals surface area contributed by atoms with Gasteiger partial charge in [0.05, 0.1) is 23.1 Å². The van der Waals surface area contributed by atoms with Crippen LogP contribution in [0.3, 0.4) is 0 Å². The summed E-state index contributed by atoms with van der Waals surface area (Å²) in [6.07, 6.45) is 8.12. The molecule has 45 heavy (non-hydrogen) atoms. The van der Waals surface area contributed by atoms with Crippen molar-refractivity contribution in [1.29, 1.82) is 0 Å². The van der Waals surface area contributed by atoms with Crippen molar-refractivity contribution in [2.75, 3.05) is 24.6 Å². The van der Waals surface area contributed by atoms with Crippen molar-refractivity contribution in [2.45, 2.75) is 89.9 Å². The Kier molecular flexibility index (Phi) is 9.71. The van der Waals surface area contributed by atoms with E-state index in [2.05, 4.69) is 49.4 Å². The number of hydrogen-bond donors (Lipinski definition) is 2. The lowest BCUT2D eigenvalue weighted by molar-refractivity contribution is -0.0757. The molecule has 9 heteroatoms. The zero-order valence-corrected chi connectivity index (χ0v) is 29.0. The summed E-state index contributed by atoms with van der Waals surface area (Å²) in [5.74, 6) is 0.00665. The van der Waals surface area contributed by atoms with E-state index in [4.69, 9.17) is 16.3 Å². The first-order valence-corrected chi connectivity index (χ1v) is 18.4. The van der Waals surface area contributed by atoms with Gasteiger partial charge in [-0.3, -0.25) is 4.79 Å². The van der Waals surface area contributed by atoms with Gasteiger partial charge in [-0.2, -0.15) is 0 Å². The SMILES string of the molecule is CCCc1cc(Cl)ccc1[C@]1(C)COc2ccc3cc2N(C[C@@H]2CC[C@H]2[C@@](O)(C(C)C)/C=C/C[C@H](C)[C@@H](C)S(=O)(=O)NC3=O)C1. The standard InChI is InChI=1S/C36H49ClN2O5S/c1-7-9-26-18-29(37)13-15-30(26)35(6)21-39-20-28-11-14-31(28)36(41,23(2)3)17-8-10-24(4)25(5)45(42,43)38-34(40)27-12-16-33(44-22-35)32(39)19-27/h8,12-13,15-19,23-25,28,31,41H,7,9-11,14,20-22H2,1-6H3,(H,38,40)/b17-8+/t24-,25+,28-,31+,35-,36-/m0/s1. The maximum atomic E-state index is 13.4. The van der Waals surface area contributed by atoms with Crippen molar-refractivity contribution in [2.24, 2.45) is 23.7 Å². The fourth-order valence-electron chi connectivity index (χ4n) is 7.44. The zero-order valence-electron chi connectivity index (χ0n) is 27.5. The Morgan fingerprint density at radius 3 is 2.58 bits per heavy atom. The number of halogens is 1. The number of hydrogen-bond acceptors (Lipinski definition) is 6. The second-order valence-corrected chi connectivity index (χ2v) is 16.7. The van der Waals surface area contributed by atoms with E-state index in [1.807, 2.05) is 25.1 Å². The Labute approximate surface area is 274 Å². The summed E-state index contributed by atoms with van der Waals surface area (Å²) in [7, 11) is -3.95. The van der Waals surface area contributed by atoms with E-state index in [0.29, 0.717) is 36.9 Å². The summed E-state index contributed by atoms with van der Waals surface area (Å²) in [5, 5.41) is 12.0. The maximum Gasteiger partial charge on any atom is 0.264 e. The molecule has 7 nitrogen and oxygen atoms in total. The number of carbonyl (C=O) groups excluding carboxylic acids is 1. The van der Waals surface area contributed by atoms with Crippen molar-refractivity contribution >= 4 is 33.2 Å². The molecule has 1 fully saturated rings. The summed E-state index contributed by atoms with van der Waals surface area (Å²) in [5.41, 5.74) is 2.00. The molecule has 0 aromatic heterocycles. The number of aryl methyl sites for hydroxylation is 1. The molecule has 0 unspecified atom stereocenters. The molecule has 1 saturated carbocycles. The largest absolute Gasteiger partial charge is 0.490 e. The molecule has 1 aliphatic carbocycles. The first-order chi connectivity index (χ1) is 21.2. The predicted octanol–water partition coefficient (Wildman–Crippen LogP) is 6.91. The van der Waals surface area contributed by atoms with Crippen LogP contribution in [0.25, 0.3) is 0 Å². The van der Waals surface area contributed by atoms with Crippen molar-refractivity contribution in [1.82, 2.24) is 4.72 Å². The number of fused-ring (bicyclic) bond motifs is 2. The van der Waals surface area contributed by atoms with Crippen LogP contribution in [0, 0.1) is 23.7 Å². The molecule has 2 bridgehead atoms. The Morgan fingerprint density at radius 2 is 1.91 bits per heavy atom. The van der Waals surface area contributed by atoms with E-state index < -0.39 is 32.2 Å². The number of carbonyl (C=O) groups is 1. The van der Waals surface area contributed by atoms with Gasteiger partial charge in [-0.15, -0.1) is 0 Å². The third-order valence-corrected chi connectivity index (χ3v) is 12.8. The number of rotatable bonds is 4. The second kappa shape index (κ2) is 12.9. The van der Waals surface area contributed by atoms with Crippen LogP contribution in [0.1, 0.15) is 88.7 Å². The number of nitrogens with zero attached hydrogens (tertiary/aromatic N) is 1. The van der Waals surface area contributed by atoms with E-state index in [-0.39, 0.29) is 29.2 Å². The van der Waals surface area contributed by atoms with Gasteiger partial charge in [-0.25, -0.2) is 13.1 Å². The van der Waals surface area contributed by atoms with Crippen molar-refractivity contribution < 1.29 is 23.1 Å². The van der Waals surface area contributed by atoms with E-state index in [9.17, 15) is 18.3 Å². The minimum absolute atomic E-state index is 0.0153. The first-order valence-electron chi connectivity index (χ1n) is 16.4. The molecule has 2 aliphatic heterocycles. The minimum atomic E-state index is -3.95. The normalized spacial score (nSPS) is 32.5. The van der Waals surface area contributed by atoms with Crippen LogP contribution in [0.2, 0.25) is 5.02 Å². The van der Waals surface area contributed by atoms with E-state index in [0.717, 1.165) is 31.4 Å². The summed E-state index contributed by atoms with van der Waals surface area (Å²) >= 11 is 6.45. The molecular formula is C36H49ClN2O5S. The molecule has 5 rings (SSSR count). The highest BCUT2D eigenvalue weighted by Crippen LogP contribution is 2.48. The number of allylic oxidation sites excluding steroid dienone is 1. The van der Waals surface area contributed by atoms with Crippen LogP contribution >= 0.6 is 11.6 Å². The number of aliphatic hydroxyl groups is 1. The van der Waals surface area contributed by atoms with Crippen molar-refractivity contribution in [3.8, 4) is 5.75 Å². The molecule has 2 N–H and O–H groups in total.